The maximum absolute atomic E-state index is 10.9. The highest BCUT2D eigenvalue weighted by molar-refractivity contribution is 5.89. The number of carbonyl (C=O) groups is 2. The van der Waals surface area contributed by atoms with Gasteiger partial charge in [0.05, 0.1) is 5.56 Å². The Bertz CT molecular complexity index is 502. The van der Waals surface area contributed by atoms with E-state index in [-0.39, 0.29) is 5.41 Å². The fourth-order valence-corrected chi connectivity index (χ4v) is 1.87. The molecule has 0 aliphatic carbocycles. The number of Topliss-reactive ketones (excluding diaryl/α,β-unsaturated/α-hetero) is 1. The lowest BCUT2D eigenvalue weighted by molar-refractivity contribution is -0.117. The van der Waals surface area contributed by atoms with Gasteiger partial charge in [-0.25, -0.2) is 4.79 Å². The van der Waals surface area contributed by atoms with E-state index in [0.29, 0.717) is 16.8 Å². The number of carboxylic acids is 1. The number of hydrogen-bond acceptors (Lipinski definition) is 2. The van der Waals surface area contributed by atoms with Gasteiger partial charge in [0.2, 0.25) is 0 Å². The fourth-order valence-electron chi connectivity index (χ4n) is 1.87. The first-order valence-corrected chi connectivity index (χ1v) is 7.67. The molecule has 0 saturated carbocycles. The zero-order chi connectivity index (χ0) is 17.6. The van der Waals surface area contributed by atoms with Gasteiger partial charge in [0.25, 0.3) is 0 Å². The van der Waals surface area contributed by atoms with Crippen LogP contribution in [0.3, 0.4) is 0 Å². The molecule has 0 aliphatic heterocycles. The standard InChI is InChI=1S/C11H14O2.C8H16O/c1-11(2,3)9-7-5-4-6-8(9)10(12)13;1-7(9)5-6-8(2,3)4/h4-7H,1-3H3,(H,12,13);5-6H2,1-4H3. The van der Waals surface area contributed by atoms with Crippen LogP contribution in [-0.2, 0) is 10.2 Å². The summed E-state index contributed by atoms with van der Waals surface area (Å²) in [6, 6.07) is 7.12. The third-order valence-corrected chi connectivity index (χ3v) is 3.19. The van der Waals surface area contributed by atoms with Crippen molar-refractivity contribution in [1.29, 1.82) is 0 Å². The molecular weight excluding hydrogens is 276 g/mol. The van der Waals surface area contributed by atoms with Crippen LogP contribution in [0, 0.1) is 5.41 Å². The summed E-state index contributed by atoms with van der Waals surface area (Å²) < 4.78 is 0. The maximum Gasteiger partial charge on any atom is 0.335 e. The van der Waals surface area contributed by atoms with Gasteiger partial charge in [0.1, 0.15) is 5.78 Å². The van der Waals surface area contributed by atoms with Gasteiger partial charge in [0.15, 0.2) is 0 Å². The Morgan fingerprint density at radius 2 is 1.50 bits per heavy atom. The van der Waals surface area contributed by atoms with Crippen molar-refractivity contribution in [3.63, 3.8) is 0 Å². The average Bonchev–Trinajstić information content (AvgIpc) is 2.35. The van der Waals surface area contributed by atoms with Crippen LogP contribution in [0.2, 0.25) is 0 Å². The molecule has 0 heterocycles. The zero-order valence-corrected chi connectivity index (χ0v) is 15.0. The third-order valence-electron chi connectivity index (χ3n) is 3.19. The van der Waals surface area contributed by atoms with Gasteiger partial charge in [-0.3, -0.25) is 0 Å². The topological polar surface area (TPSA) is 54.4 Å². The quantitative estimate of drug-likeness (QED) is 0.846. The maximum atomic E-state index is 10.9. The summed E-state index contributed by atoms with van der Waals surface area (Å²) in [5, 5.41) is 8.93. The van der Waals surface area contributed by atoms with Crippen molar-refractivity contribution >= 4 is 11.8 Å². The molecule has 0 unspecified atom stereocenters. The molecule has 0 amide bonds. The van der Waals surface area contributed by atoms with Gasteiger partial charge in [-0.15, -0.1) is 0 Å². The molecule has 0 aromatic heterocycles. The molecule has 0 radical (unpaired) electrons. The number of hydrogen-bond donors (Lipinski definition) is 1. The van der Waals surface area contributed by atoms with Crippen LogP contribution in [-0.4, -0.2) is 16.9 Å². The monoisotopic (exact) mass is 306 g/mol. The van der Waals surface area contributed by atoms with E-state index in [1.807, 2.05) is 32.9 Å². The summed E-state index contributed by atoms with van der Waals surface area (Å²) in [5.41, 5.74) is 1.47. The van der Waals surface area contributed by atoms with Gasteiger partial charge in [-0.1, -0.05) is 59.7 Å². The molecule has 1 rings (SSSR count). The predicted octanol–water partition coefficient (Wildman–Crippen LogP) is 5.08. The SMILES string of the molecule is CC(=O)CCC(C)(C)C.CC(C)(C)c1ccccc1C(=O)O. The van der Waals surface area contributed by atoms with Crippen LogP contribution in [0.4, 0.5) is 0 Å². The van der Waals surface area contributed by atoms with Crippen LogP contribution >= 0.6 is 0 Å². The lowest BCUT2D eigenvalue weighted by Crippen LogP contribution is -2.16. The summed E-state index contributed by atoms with van der Waals surface area (Å²) in [4.78, 5) is 21.4. The van der Waals surface area contributed by atoms with Crippen LogP contribution in [0.1, 0.15) is 77.2 Å². The lowest BCUT2D eigenvalue weighted by Gasteiger charge is -2.20. The second-order valence-corrected chi connectivity index (χ2v) is 7.86. The molecule has 0 spiro atoms. The van der Waals surface area contributed by atoms with E-state index in [4.69, 9.17) is 5.11 Å². The largest absolute Gasteiger partial charge is 0.478 e. The summed E-state index contributed by atoms with van der Waals surface area (Å²) >= 11 is 0. The van der Waals surface area contributed by atoms with E-state index in [9.17, 15) is 9.59 Å². The van der Waals surface area contributed by atoms with Crippen molar-refractivity contribution in [2.75, 3.05) is 0 Å². The Morgan fingerprint density at radius 3 is 1.77 bits per heavy atom. The highest BCUT2D eigenvalue weighted by Gasteiger charge is 2.20. The summed E-state index contributed by atoms with van der Waals surface area (Å²) in [5.74, 6) is -0.560. The molecule has 0 aliphatic rings. The Balaban J connectivity index is 0.000000433. The third kappa shape index (κ3) is 8.60. The van der Waals surface area contributed by atoms with Crippen molar-refractivity contribution in [3.8, 4) is 0 Å². The highest BCUT2D eigenvalue weighted by atomic mass is 16.4. The number of rotatable bonds is 3. The molecule has 124 valence electrons. The van der Waals surface area contributed by atoms with Crippen LogP contribution in [0.15, 0.2) is 24.3 Å². The molecule has 0 fully saturated rings. The van der Waals surface area contributed by atoms with Crippen LogP contribution < -0.4 is 0 Å². The van der Waals surface area contributed by atoms with Crippen molar-refractivity contribution in [2.24, 2.45) is 5.41 Å². The molecule has 1 aromatic rings. The normalized spacial score (nSPS) is 11.4. The van der Waals surface area contributed by atoms with Crippen molar-refractivity contribution in [3.05, 3.63) is 35.4 Å². The average molecular weight is 306 g/mol. The second kappa shape index (κ2) is 8.11. The minimum Gasteiger partial charge on any atom is -0.478 e. The molecule has 3 nitrogen and oxygen atoms in total. The molecule has 0 saturated heterocycles. The fraction of sp³-hybridized carbons (Fsp3) is 0.579. The van der Waals surface area contributed by atoms with E-state index in [1.165, 1.54) is 0 Å². The second-order valence-electron chi connectivity index (χ2n) is 7.86. The van der Waals surface area contributed by atoms with Crippen LogP contribution in [0.5, 0.6) is 0 Å². The highest BCUT2D eigenvalue weighted by Crippen LogP contribution is 2.25. The minimum absolute atomic E-state index is 0.116. The number of aromatic carboxylic acids is 1. The Kier molecular flexibility index (Phi) is 7.51. The predicted molar refractivity (Wildman–Crippen MR) is 91.5 cm³/mol. The number of carboxylic acid groups (broad SMARTS) is 1. The summed E-state index contributed by atoms with van der Waals surface area (Å²) in [6.07, 6.45) is 1.73. The minimum atomic E-state index is -0.856. The summed E-state index contributed by atoms with van der Waals surface area (Å²) in [7, 11) is 0. The number of benzene rings is 1. The van der Waals surface area contributed by atoms with E-state index in [1.54, 1.807) is 19.1 Å². The van der Waals surface area contributed by atoms with Gasteiger partial charge in [0, 0.05) is 6.42 Å². The van der Waals surface area contributed by atoms with E-state index < -0.39 is 5.97 Å². The van der Waals surface area contributed by atoms with Gasteiger partial charge in [-0.2, -0.15) is 0 Å². The summed E-state index contributed by atoms with van der Waals surface area (Å²) in [6.45, 7) is 14.1. The van der Waals surface area contributed by atoms with Gasteiger partial charge in [-0.05, 0) is 35.8 Å². The van der Waals surface area contributed by atoms with Crippen molar-refractivity contribution in [1.82, 2.24) is 0 Å². The van der Waals surface area contributed by atoms with E-state index in [2.05, 4.69) is 20.8 Å². The first-order chi connectivity index (χ1) is 9.84. The Hall–Kier alpha value is -1.64. The van der Waals surface area contributed by atoms with E-state index in [0.717, 1.165) is 18.4 Å². The van der Waals surface area contributed by atoms with Crippen LogP contribution in [0.25, 0.3) is 0 Å². The number of carbonyl (C=O) groups excluding carboxylic acids is 1. The zero-order valence-electron chi connectivity index (χ0n) is 15.0. The molecule has 3 heteroatoms. The van der Waals surface area contributed by atoms with E-state index >= 15 is 0 Å². The molecule has 22 heavy (non-hydrogen) atoms. The van der Waals surface area contributed by atoms with Crippen molar-refractivity contribution in [2.45, 2.75) is 66.7 Å². The first kappa shape index (κ1) is 20.4. The Morgan fingerprint density at radius 1 is 1.00 bits per heavy atom. The smallest absolute Gasteiger partial charge is 0.335 e. The molecule has 0 bridgehead atoms. The molecule has 1 aromatic carbocycles. The van der Waals surface area contributed by atoms with Crippen molar-refractivity contribution < 1.29 is 14.7 Å². The number of ketones is 1. The first-order valence-electron chi connectivity index (χ1n) is 7.67. The van der Waals surface area contributed by atoms with Gasteiger partial charge < -0.3 is 9.90 Å². The lowest BCUT2D eigenvalue weighted by atomic mass is 9.84. The van der Waals surface area contributed by atoms with Gasteiger partial charge >= 0.3 is 5.97 Å². The molecular formula is C19H30O3. The molecule has 1 N–H and O–H groups in total. The molecule has 0 atom stereocenters. The Labute approximate surface area is 134 Å².